The third-order valence-corrected chi connectivity index (χ3v) is 5.73. The molecule has 0 spiro atoms. The Bertz CT molecular complexity index is 760. The molecule has 0 atom stereocenters. The number of amides is 4. The van der Waals surface area contributed by atoms with Crippen molar-refractivity contribution in [2.45, 2.75) is 59.3 Å². The molecule has 0 radical (unpaired) electrons. The number of carbonyl (C=O) groups is 3. The Hall–Kier alpha value is -2.61. The molecule has 172 valence electrons. The molecule has 4 N–H and O–H groups in total. The maximum absolute atomic E-state index is 12.9. The van der Waals surface area contributed by atoms with Crippen molar-refractivity contribution in [2.75, 3.05) is 25.0 Å². The van der Waals surface area contributed by atoms with Crippen molar-refractivity contribution in [2.24, 2.45) is 11.3 Å². The molecule has 1 fully saturated rings. The quantitative estimate of drug-likeness (QED) is 0.335. The van der Waals surface area contributed by atoms with E-state index in [9.17, 15) is 14.4 Å². The van der Waals surface area contributed by atoms with Gasteiger partial charge in [-0.1, -0.05) is 51.7 Å². The second kappa shape index (κ2) is 11.7. The Morgan fingerprint density at radius 1 is 1.19 bits per heavy atom. The van der Waals surface area contributed by atoms with Crippen molar-refractivity contribution in [1.82, 2.24) is 15.7 Å². The van der Waals surface area contributed by atoms with Crippen molar-refractivity contribution in [3.63, 3.8) is 0 Å². The number of rotatable bonds is 10. The molecule has 1 aliphatic rings. The minimum atomic E-state index is -0.603. The van der Waals surface area contributed by atoms with Gasteiger partial charge in [-0.05, 0) is 42.4 Å². The van der Waals surface area contributed by atoms with E-state index in [4.69, 9.17) is 5.21 Å². The average Bonchev–Trinajstić information content (AvgIpc) is 3.22. The summed E-state index contributed by atoms with van der Waals surface area (Å²) in [4.78, 5) is 38.3. The molecule has 1 aromatic rings. The summed E-state index contributed by atoms with van der Waals surface area (Å²) in [7, 11) is 0. The molecule has 0 unspecified atom stereocenters. The van der Waals surface area contributed by atoms with Gasteiger partial charge in [0.15, 0.2) is 0 Å². The fourth-order valence-electron chi connectivity index (χ4n) is 3.94. The van der Waals surface area contributed by atoms with E-state index >= 15 is 0 Å². The summed E-state index contributed by atoms with van der Waals surface area (Å²) in [5.41, 5.74) is 2.87. The van der Waals surface area contributed by atoms with E-state index in [-0.39, 0.29) is 24.9 Å². The second-order valence-electron chi connectivity index (χ2n) is 9.31. The van der Waals surface area contributed by atoms with Crippen molar-refractivity contribution >= 4 is 23.5 Å². The van der Waals surface area contributed by atoms with Gasteiger partial charge in [0.1, 0.15) is 6.54 Å². The van der Waals surface area contributed by atoms with Gasteiger partial charge in [-0.2, -0.15) is 0 Å². The number of aryl methyl sites for hydroxylation is 1. The van der Waals surface area contributed by atoms with Gasteiger partial charge in [-0.3, -0.25) is 14.8 Å². The lowest BCUT2D eigenvalue weighted by Gasteiger charge is -2.29. The number of urea groups is 1. The lowest BCUT2D eigenvalue weighted by Crippen LogP contribution is -2.44. The maximum Gasteiger partial charge on any atom is 0.319 e. The number of nitrogens with one attached hydrogen (secondary N) is 3. The van der Waals surface area contributed by atoms with Crippen LogP contribution in [0.4, 0.5) is 10.5 Å². The zero-order valence-corrected chi connectivity index (χ0v) is 18.9. The average molecular weight is 433 g/mol. The van der Waals surface area contributed by atoms with Crippen LogP contribution in [-0.4, -0.2) is 47.6 Å². The van der Waals surface area contributed by atoms with Crippen molar-refractivity contribution in [3.8, 4) is 0 Å². The van der Waals surface area contributed by atoms with Crippen LogP contribution < -0.4 is 16.1 Å². The van der Waals surface area contributed by atoms with Crippen LogP contribution >= 0.6 is 0 Å². The first-order chi connectivity index (χ1) is 14.7. The van der Waals surface area contributed by atoms with E-state index in [1.54, 1.807) is 5.48 Å². The molecule has 1 saturated carbocycles. The molecule has 1 aliphatic carbocycles. The summed E-state index contributed by atoms with van der Waals surface area (Å²) in [5.74, 6) is -0.173. The SMILES string of the molecule is Cc1cccc(NC(=O)NCC(C)(C)CC(=O)N(CCC2CCCC2)CC(=O)NO)c1. The molecule has 0 aliphatic heterocycles. The van der Waals surface area contributed by atoms with Gasteiger partial charge in [0.25, 0.3) is 5.91 Å². The van der Waals surface area contributed by atoms with Crippen LogP contribution in [0.1, 0.15) is 57.9 Å². The molecule has 2 rings (SSSR count). The highest BCUT2D eigenvalue weighted by molar-refractivity contribution is 5.89. The van der Waals surface area contributed by atoms with E-state index in [0.29, 0.717) is 24.7 Å². The predicted molar refractivity (Wildman–Crippen MR) is 120 cm³/mol. The summed E-state index contributed by atoms with van der Waals surface area (Å²) in [6, 6.07) is 7.19. The molecule has 4 amide bonds. The largest absolute Gasteiger partial charge is 0.337 e. The van der Waals surface area contributed by atoms with Crippen LogP contribution in [0, 0.1) is 18.3 Å². The third kappa shape index (κ3) is 8.96. The zero-order valence-electron chi connectivity index (χ0n) is 18.9. The summed E-state index contributed by atoms with van der Waals surface area (Å²) in [6.07, 6.45) is 5.82. The first-order valence-corrected chi connectivity index (χ1v) is 11.0. The van der Waals surface area contributed by atoms with Gasteiger partial charge in [-0.25, -0.2) is 10.3 Å². The summed E-state index contributed by atoms with van der Waals surface area (Å²) < 4.78 is 0. The second-order valence-corrected chi connectivity index (χ2v) is 9.31. The van der Waals surface area contributed by atoms with E-state index in [1.807, 2.05) is 45.0 Å². The Kier molecular flexibility index (Phi) is 9.30. The monoisotopic (exact) mass is 432 g/mol. The summed E-state index contributed by atoms with van der Waals surface area (Å²) in [5, 5.41) is 14.5. The normalized spacial score (nSPS) is 14.2. The lowest BCUT2D eigenvalue weighted by atomic mass is 9.88. The van der Waals surface area contributed by atoms with Gasteiger partial charge >= 0.3 is 6.03 Å². The number of hydrogen-bond acceptors (Lipinski definition) is 4. The molecule has 1 aromatic carbocycles. The number of nitrogens with zero attached hydrogens (tertiary/aromatic N) is 1. The fourth-order valence-corrected chi connectivity index (χ4v) is 3.94. The van der Waals surface area contributed by atoms with E-state index in [2.05, 4.69) is 10.6 Å². The topological polar surface area (TPSA) is 111 Å². The van der Waals surface area contributed by atoms with E-state index < -0.39 is 11.3 Å². The van der Waals surface area contributed by atoms with Gasteiger partial charge in [0.05, 0.1) is 0 Å². The number of carbonyl (C=O) groups excluding carboxylic acids is 3. The van der Waals surface area contributed by atoms with Gasteiger partial charge in [0.2, 0.25) is 5.91 Å². The highest BCUT2D eigenvalue weighted by Gasteiger charge is 2.28. The molecular weight excluding hydrogens is 396 g/mol. The number of benzene rings is 1. The fraction of sp³-hybridized carbons (Fsp3) is 0.609. The van der Waals surface area contributed by atoms with Crippen LogP contribution in [-0.2, 0) is 9.59 Å². The molecule has 0 heterocycles. The van der Waals surface area contributed by atoms with Crippen LogP contribution in [0.2, 0.25) is 0 Å². The molecule has 8 nitrogen and oxygen atoms in total. The Morgan fingerprint density at radius 2 is 1.90 bits per heavy atom. The van der Waals surface area contributed by atoms with E-state index in [0.717, 1.165) is 12.0 Å². The summed E-state index contributed by atoms with van der Waals surface area (Å²) >= 11 is 0. The number of hydrogen-bond donors (Lipinski definition) is 4. The van der Waals surface area contributed by atoms with Gasteiger partial charge in [-0.15, -0.1) is 0 Å². The van der Waals surface area contributed by atoms with Crippen LogP contribution in [0.15, 0.2) is 24.3 Å². The highest BCUT2D eigenvalue weighted by atomic mass is 16.5. The number of hydroxylamine groups is 1. The van der Waals surface area contributed by atoms with Crippen LogP contribution in [0.25, 0.3) is 0 Å². The standard InChI is InChI=1S/C23H36N4O4/c1-17-7-6-10-19(13-17)25-22(30)24-16-23(2,3)14-21(29)27(15-20(28)26-31)12-11-18-8-4-5-9-18/h6-7,10,13,18,31H,4-5,8-9,11-12,14-16H2,1-3H3,(H,26,28)(H2,24,25,30). The number of anilines is 1. The van der Waals surface area contributed by atoms with Gasteiger partial charge in [0, 0.05) is 25.2 Å². The molecule has 0 bridgehead atoms. The maximum atomic E-state index is 12.9. The summed E-state index contributed by atoms with van der Waals surface area (Å²) in [6.45, 7) is 6.39. The first kappa shape index (κ1) is 24.7. The lowest BCUT2D eigenvalue weighted by molar-refractivity contribution is -0.140. The zero-order chi connectivity index (χ0) is 22.9. The van der Waals surface area contributed by atoms with Gasteiger partial charge < -0.3 is 15.5 Å². The third-order valence-electron chi connectivity index (χ3n) is 5.73. The highest BCUT2D eigenvalue weighted by Crippen LogP contribution is 2.28. The molecule has 31 heavy (non-hydrogen) atoms. The van der Waals surface area contributed by atoms with Crippen molar-refractivity contribution < 1.29 is 19.6 Å². The minimum Gasteiger partial charge on any atom is -0.337 e. The Morgan fingerprint density at radius 3 is 2.55 bits per heavy atom. The Labute approximate surface area is 184 Å². The molecule has 0 aromatic heterocycles. The van der Waals surface area contributed by atoms with Crippen molar-refractivity contribution in [1.29, 1.82) is 0 Å². The van der Waals surface area contributed by atoms with Crippen molar-refractivity contribution in [3.05, 3.63) is 29.8 Å². The molecule has 0 saturated heterocycles. The van der Waals surface area contributed by atoms with Crippen LogP contribution in [0.5, 0.6) is 0 Å². The van der Waals surface area contributed by atoms with Crippen LogP contribution in [0.3, 0.4) is 0 Å². The molecule has 8 heteroatoms. The molecular formula is C23H36N4O4. The minimum absolute atomic E-state index is 0.160. The first-order valence-electron chi connectivity index (χ1n) is 11.0. The van der Waals surface area contributed by atoms with E-state index in [1.165, 1.54) is 30.6 Å². The smallest absolute Gasteiger partial charge is 0.319 e. The predicted octanol–water partition coefficient (Wildman–Crippen LogP) is 3.45. The Balaban J connectivity index is 1.86.